The van der Waals surface area contributed by atoms with Gasteiger partial charge >= 0.3 is 0 Å². The van der Waals surface area contributed by atoms with Crippen LogP contribution in [0.4, 0.5) is 0 Å². The summed E-state index contributed by atoms with van der Waals surface area (Å²) in [6.07, 6.45) is 0.126. The number of fused-ring (bicyclic) bond motifs is 1. The summed E-state index contributed by atoms with van der Waals surface area (Å²) in [7, 11) is 0. The number of carbonyl (C=O) groups is 1. The van der Waals surface area contributed by atoms with Crippen LogP contribution in [0.3, 0.4) is 0 Å². The Labute approximate surface area is 166 Å². The van der Waals surface area contributed by atoms with E-state index in [0.717, 1.165) is 44.0 Å². The predicted octanol–water partition coefficient (Wildman–Crippen LogP) is 4.35. The van der Waals surface area contributed by atoms with Crippen LogP contribution in [0.2, 0.25) is 0 Å². The number of benzene rings is 1. The first-order chi connectivity index (χ1) is 12.5. The molecule has 0 bridgehead atoms. The van der Waals surface area contributed by atoms with E-state index < -0.39 is 0 Å². The maximum Gasteiger partial charge on any atom is 0.257 e. The molecule has 2 aliphatic rings. The molecule has 3 heterocycles. The molecule has 1 fully saturated rings. The molecule has 4 nitrogen and oxygen atoms in total. The SMILES string of the molecule is C[C@H]1Oc2c(C(=O)N3CCN(Cc4ccc(Br)s4)CC3)cccc2[C@@H]1C. The first-order valence-electron chi connectivity index (χ1n) is 9.08. The highest BCUT2D eigenvalue weighted by Crippen LogP contribution is 2.40. The van der Waals surface area contributed by atoms with E-state index >= 15 is 0 Å². The average molecular weight is 435 g/mol. The number of piperazine rings is 1. The fourth-order valence-corrected chi connectivity index (χ4v) is 5.22. The number of thiophene rings is 1. The fraction of sp³-hybridized carbons (Fsp3) is 0.450. The van der Waals surface area contributed by atoms with Gasteiger partial charge in [0, 0.05) is 49.1 Å². The Morgan fingerprint density at radius 3 is 2.65 bits per heavy atom. The third-order valence-electron chi connectivity index (χ3n) is 5.44. The molecule has 26 heavy (non-hydrogen) atoms. The van der Waals surface area contributed by atoms with Gasteiger partial charge in [0.15, 0.2) is 0 Å². The summed E-state index contributed by atoms with van der Waals surface area (Å²) in [5, 5.41) is 0. The molecule has 1 amide bonds. The molecule has 0 unspecified atom stereocenters. The quantitative estimate of drug-likeness (QED) is 0.719. The van der Waals surface area contributed by atoms with Crippen LogP contribution < -0.4 is 4.74 Å². The van der Waals surface area contributed by atoms with Gasteiger partial charge in [-0.2, -0.15) is 0 Å². The lowest BCUT2D eigenvalue weighted by atomic mass is 9.96. The molecule has 1 aromatic heterocycles. The van der Waals surface area contributed by atoms with E-state index in [1.54, 1.807) is 11.3 Å². The van der Waals surface area contributed by atoms with Gasteiger partial charge in [0.2, 0.25) is 0 Å². The molecule has 0 saturated carbocycles. The highest BCUT2D eigenvalue weighted by molar-refractivity contribution is 9.11. The lowest BCUT2D eigenvalue weighted by Crippen LogP contribution is -2.48. The van der Waals surface area contributed by atoms with E-state index in [1.165, 1.54) is 8.66 Å². The predicted molar refractivity (Wildman–Crippen MR) is 108 cm³/mol. The van der Waals surface area contributed by atoms with E-state index in [-0.39, 0.29) is 12.0 Å². The Morgan fingerprint density at radius 1 is 1.19 bits per heavy atom. The molecule has 0 aliphatic carbocycles. The standard InChI is InChI=1S/C20H23BrN2O2S/c1-13-14(2)25-19-16(13)4-3-5-17(19)20(24)23-10-8-22(9-11-23)12-15-6-7-18(21)26-15/h3-7,13-14H,8-12H2,1-2H3/t13-,14-/m1/s1. The molecular formula is C20H23BrN2O2S. The number of hydrogen-bond acceptors (Lipinski definition) is 4. The Kier molecular flexibility index (Phi) is 5.08. The summed E-state index contributed by atoms with van der Waals surface area (Å²) in [4.78, 5) is 18.8. The van der Waals surface area contributed by atoms with Crippen LogP contribution in [-0.2, 0) is 6.54 Å². The molecule has 2 aliphatic heterocycles. The van der Waals surface area contributed by atoms with Crippen LogP contribution in [0.5, 0.6) is 5.75 Å². The zero-order valence-electron chi connectivity index (χ0n) is 15.1. The molecule has 138 valence electrons. The molecule has 0 spiro atoms. The third-order valence-corrected chi connectivity index (χ3v) is 7.05. The largest absolute Gasteiger partial charge is 0.489 e. The topological polar surface area (TPSA) is 32.8 Å². The summed E-state index contributed by atoms with van der Waals surface area (Å²) in [6.45, 7) is 8.53. The molecule has 6 heteroatoms. The van der Waals surface area contributed by atoms with Gasteiger partial charge in [-0.1, -0.05) is 19.1 Å². The Balaban J connectivity index is 1.42. The minimum absolute atomic E-state index is 0.0988. The van der Waals surface area contributed by atoms with Gasteiger partial charge < -0.3 is 9.64 Å². The summed E-state index contributed by atoms with van der Waals surface area (Å²) in [5.74, 6) is 1.23. The van der Waals surface area contributed by atoms with Crippen molar-refractivity contribution in [3.8, 4) is 5.75 Å². The van der Waals surface area contributed by atoms with Crippen molar-refractivity contribution in [1.29, 1.82) is 0 Å². The summed E-state index contributed by atoms with van der Waals surface area (Å²) in [6, 6.07) is 10.2. The number of carbonyl (C=O) groups excluding carboxylic acids is 1. The minimum atomic E-state index is 0.0988. The number of halogens is 1. The van der Waals surface area contributed by atoms with Gasteiger partial charge in [0.05, 0.1) is 9.35 Å². The summed E-state index contributed by atoms with van der Waals surface area (Å²) in [5.41, 5.74) is 1.87. The third kappa shape index (κ3) is 3.42. The van der Waals surface area contributed by atoms with Crippen molar-refractivity contribution in [2.45, 2.75) is 32.4 Å². The average Bonchev–Trinajstić information content (AvgIpc) is 3.18. The van der Waals surface area contributed by atoms with E-state index in [4.69, 9.17) is 4.74 Å². The van der Waals surface area contributed by atoms with Crippen LogP contribution in [0.25, 0.3) is 0 Å². The molecule has 2 aromatic rings. The molecule has 1 aromatic carbocycles. The second-order valence-corrected chi connectivity index (χ2v) is 9.66. The Bertz CT molecular complexity index is 814. The van der Waals surface area contributed by atoms with Crippen molar-refractivity contribution in [2.24, 2.45) is 0 Å². The number of amides is 1. The first-order valence-corrected chi connectivity index (χ1v) is 10.7. The molecule has 0 radical (unpaired) electrons. The smallest absolute Gasteiger partial charge is 0.257 e. The highest BCUT2D eigenvalue weighted by atomic mass is 79.9. The van der Waals surface area contributed by atoms with Crippen LogP contribution in [0.15, 0.2) is 34.1 Å². The number of nitrogens with zero attached hydrogens (tertiary/aromatic N) is 2. The lowest BCUT2D eigenvalue weighted by Gasteiger charge is -2.34. The van der Waals surface area contributed by atoms with Crippen LogP contribution in [0.1, 0.15) is 40.6 Å². The van der Waals surface area contributed by atoms with Gasteiger partial charge in [-0.15, -0.1) is 11.3 Å². The van der Waals surface area contributed by atoms with E-state index in [9.17, 15) is 4.79 Å². The zero-order chi connectivity index (χ0) is 18.3. The fourth-order valence-electron chi connectivity index (χ4n) is 3.69. The normalized spacial score (nSPS) is 23.0. The molecule has 1 saturated heterocycles. The van der Waals surface area contributed by atoms with Crippen molar-refractivity contribution in [3.63, 3.8) is 0 Å². The second-order valence-electron chi connectivity index (χ2n) is 7.11. The van der Waals surface area contributed by atoms with Gasteiger partial charge in [-0.25, -0.2) is 0 Å². The van der Waals surface area contributed by atoms with E-state index in [0.29, 0.717) is 11.5 Å². The Morgan fingerprint density at radius 2 is 1.96 bits per heavy atom. The number of rotatable bonds is 3. The van der Waals surface area contributed by atoms with Gasteiger partial charge in [-0.05, 0) is 41.1 Å². The number of para-hydroxylation sites is 1. The number of hydrogen-bond donors (Lipinski definition) is 0. The summed E-state index contributed by atoms with van der Waals surface area (Å²) >= 11 is 5.30. The monoisotopic (exact) mass is 434 g/mol. The van der Waals surface area contributed by atoms with Gasteiger partial charge in [0.25, 0.3) is 5.91 Å². The molecule has 4 rings (SSSR count). The van der Waals surface area contributed by atoms with Crippen LogP contribution in [-0.4, -0.2) is 48.0 Å². The zero-order valence-corrected chi connectivity index (χ0v) is 17.5. The lowest BCUT2D eigenvalue weighted by molar-refractivity contribution is 0.0625. The van der Waals surface area contributed by atoms with E-state index in [2.05, 4.69) is 52.9 Å². The first kappa shape index (κ1) is 18.0. The maximum absolute atomic E-state index is 13.1. The Hall–Kier alpha value is -1.37. The molecule has 0 N–H and O–H groups in total. The molecule has 2 atom stereocenters. The van der Waals surface area contributed by atoms with E-state index in [1.807, 2.05) is 17.0 Å². The van der Waals surface area contributed by atoms with Crippen LogP contribution in [0, 0.1) is 0 Å². The second kappa shape index (κ2) is 7.33. The van der Waals surface area contributed by atoms with Crippen molar-refractivity contribution in [1.82, 2.24) is 9.80 Å². The maximum atomic E-state index is 13.1. The van der Waals surface area contributed by atoms with Gasteiger partial charge in [-0.3, -0.25) is 9.69 Å². The van der Waals surface area contributed by atoms with Gasteiger partial charge in [0.1, 0.15) is 11.9 Å². The van der Waals surface area contributed by atoms with Crippen molar-refractivity contribution in [3.05, 3.63) is 50.1 Å². The van der Waals surface area contributed by atoms with Crippen molar-refractivity contribution >= 4 is 33.2 Å². The molecular weight excluding hydrogens is 412 g/mol. The number of ether oxygens (including phenoxy) is 1. The summed E-state index contributed by atoms with van der Waals surface area (Å²) < 4.78 is 7.17. The van der Waals surface area contributed by atoms with Crippen LogP contribution >= 0.6 is 27.3 Å². The minimum Gasteiger partial charge on any atom is -0.489 e. The highest BCUT2D eigenvalue weighted by Gasteiger charge is 2.33. The van der Waals surface area contributed by atoms with Crippen molar-refractivity contribution in [2.75, 3.05) is 26.2 Å². The van der Waals surface area contributed by atoms with Crippen molar-refractivity contribution < 1.29 is 9.53 Å².